The summed E-state index contributed by atoms with van der Waals surface area (Å²) in [7, 11) is 1.56. The van der Waals surface area contributed by atoms with Crippen LogP contribution in [0.5, 0.6) is 5.75 Å². The molecule has 5 atom stereocenters. The molecule has 0 unspecified atom stereocenters. The Morgan fingerprint density at radius 2 is 2.21 bits per heavy atom. The number of methoxy groups -OCH3 is 1. The summed E-state index contributed by atoms with van der Waals surface area (Å²) in [4.78, 5) is 11.5. The zero-order valence-corrected chi connectivity index (χ0v) is 16.1. The van der Waals surface area contributed by atoms with Gasteiger partial charge in [0, 0.05) is 13.0 Å². The number of aliphatic hydroxyl groups excluding tert-OH is 2. The second kappa shape index (κ2) is 9.14. The van der Waals surface area contributed by atoms with Gasteiger partial charge in [-0.2, -0.15) is 0 Å². The van der Waals surface area contributed by atoms with Crippen LogP contribution >= 0.6 is 0 Å². The number of hydrogen-bond acceptors (Lipinski definition) is 8. The monoisotopic (exact) mass is 404 g/mol. The molecule has 1 aromatic carbocycles. The van der Waals surface area contributed by atoms with Gasteiger partial charge in [0.05, 0.1) is 25.6 Å². The predicted molar refractivity (Wildman–Crippen MR) is 101 cm³/mol. The molecule has 1 saturated heterocycles. The Morgan fingerprint density at radius 1 is 1.41 bits per heavy atom. The number of carbonyl (C=O) groups excluding carboxylic acids is 1. The molecular formula is C19H24N4O6. The van der Waals surface area contributed by atoms with Crippen LogP contribution in [-0.2, 0) is 14.3 Å². The van der Waals surface area contributed by atoms with Gasteiger partial charge in [-0.15, -0.1) is 11.7 Å². The fraction of sp³-hybridized carbons (Fsp3) is 0.421. The van der Waals surface area contributed by atoms with Crippen LogP contribution in [0, 0.1) is 0 Å². The van der Waals surface area contributed by atoms with Gasteiger partial charge in [0.25, 0.3) is 0 Å². The van der Waals surface area contributed by atoms with Crippen LogP contribution in [0.15, 0.2) is 43.1 Å². The highest BCUT2D eigenvalue weighted by molar-refractivity contribution is 5.73. The number of benzene rings is 1. The number of nitrogens with one attached hydrogen (secondary N) is 1. The van der Waals surface area contributed by atoms with Crippen molar-refractivity contribution in [1.82, 2.24) is 20.3 Å². The third-order valence-electron chi connectivity index (χ3n) is 4.47. The summed E-state index contributed by atoms with van der Waals surface area (Å²) in [5.74, 6) is 0.263. The van der Waals surface area contributed by atoms with E-state index < -0.39 is 30.6 Å². The largest absolute Gasteiger partial charge is 0.497 e. The van der Waals surface area contributed by atoms with Crippen LogP contribution in [0.4, 0.5) is 0 Å². The van der Waals surface area contributed by atoms with Crippen molar-refractivity contribution in [2.45, 2.75) is 37.6 Å². The van der Waals surface area contributed by atoms with E-state index >= 15 is 0 Å². The van der Waals surface area contributed by atoms with Gasteiger partial charge in [0.2, 0.25) is 5.91 Å². The molecule has 2 aromatic rings. The van der Waals surface area contributed by atoms with Crippen LogP contribution in [0.2, 0.25) is 0 Å². The number of amides is 1. The van der Waals surface area contributed by atoms with Crippen molar-refractivity contribution < 1.29 is 29.2 Å². The fourth-order valence-corrected chi connectivity index (χ4v) is 3.09. The van der Waals surface area contributed by atoms with Crippen molar-refractivity contribution in [3.8, 4) is 11.4 Å². The zero-order chi connectivity index (χ0) is 21.0. The number of aromatic nitrogens is 3. The first-order valence-corrected chi connectivity index (χ1v) is 9.02. The van der Waals surface area contributed by atoms with E-state index in [1.165, 1.54) is 17.7 Å². The first-order chi connectivity index (χ1) is 13.9. The summed E-state index contributed by atoms with van der Waals surface area (Å²) in [5, 5.41) is 31.8. The Labute approximate surface area is 167 Å². The first-order valence-electron chi connectivity index (χ1n) is 9.02. The normalized spacial score (nSPS) is 26.7. The lowest BCUT2D eigenvalue weighted by molar-refractivity contribution is -0.265. The number of nitrogens with zero attached hydrogens (tertiary/aromatic N) is 3. The van der Waals surface area contributed by atoms with Crippen molar-refractivity contribution in [2.75, 3.05) is 13.7 Å². The van der Waals surface area contributed by atoms with E-state index in [2.05, 4.69) is 22.2 Å². The maximum Gasteiger partial charge on any atom is 0.217 e. The third-order valence-corrected chi connectivity index (χ3v) is 4.47. The lowest BCUT2D eigenvalue weighted by Gasteiger charge is -2.41. The van der Waals surface area contributed by atoms with Crippen LogP contribution in [0.1, 0.15) is 18.7 Å². The number of ether oxygens (including phenoxy) is 3. The molecule has 1 amide bonds. The molecule has 0 radical (unpaired) electrons. The van der Waals surface area contributed by atoms with Crippen molar-refractivity contribution in [2.24, 2.45) is 0 Å². The minimum atomic E-state index is -1.36. The van der Waals surface area contributed by atoms with Gasteiger partial charge in [0.15, 0.2) is 6.29 Å². The maximum absolute atomic E-state index is 11.5. The Balaban J connectivity index is 1.85. The van der Waals surface area contributed by atoms with E-state index in [9.17, 15) is 15.0 Å². The van der Waals surface area contributed by atoms with Gasteiger partial charge >= 0.3 is 0 Å². The summed E-state index contributed by atoms with van der Waals surface area (Å²) in [6.45, 7) is 5.01. The quantitative estimate of drug-likeness (QED) is 0.555. The molecule has 10 heteroatoms. The van der Waals surface area contributed by atoms with Crippen LogP contribution in [0.3, 0.4) is 0 Å². The molecular weight excluding hydrogens is 380 g/mol. The minimum absolute atomic E-state index is 0.132. The van der Waals surface area contributed by atoms with E-state index in [0.29, 0.717) is 17.1 Å². The summed E-state index contributed by atoms with van der Waals surface area (Å²) >= 11 is 0. The van der Waals surface area contributed by atoms with Gasteiger partial charge < -0.3 is 29.7 Å². The van der Waals surface area contributed by atoms with Gasteiger partial charge in [-0.1, -0.05) is 17.4 Å². The van der Waals surface area contributed by atoms with E-state index in [0.717, 1.165) is 0 Å². The zero-order valence-electron chi connectivity index (χ0n) is 16.1. The molecule has 1 aromatic heterocycles. The van der Waals surface area contributed by atoms with Gasteiger partial charge in [-0.25, -0.2) is 4.68 Å². The molecule has 0 spiro atoms. The lowest BCUT2D eigenvalue weighted by atomic mass is 9.95. The molecule has 3 N–H and O–H groups in total. The van der Waals surface area contributed by atoms with Crippen molar-refractivity contribution in [1.29, 1.82) is 0 Å². The van der Waals surface area contributed by atoms with Crippen LogP contribution < -0.4 is 10.1 Å². The summed E-state index contributed by atoms with van der Waals surface area (Å²) < 4.78 is 18.1. The molecule has 1 aliphatic rings. The van der Waals surface area contributed by atoms with E-state index in [4.69, 9.17) is 14.2 Å². The second-order valence-corrected chi connectivity index (χ2v) is 6.54. The van der Waals surface area contributed by atoms with Gasteiger partial charge in [0.1, 0.15) is 35.8 Å². The molecule has 10 nitrogen and oxygen atoms in total. The molecule has 29 heavy (non-hydrogen) atoms. The van der Waals surface area contributed by atoms with Crippen LogP contribution in [-0.4, -0.2) is 69.4 Å². The number of rotatable bonds is 7. The Kier molecular flexibility index (Phi) is 6.60. The Hall–Kier alpha value is -2.79. The van der Waals surface area contributed by atoms with E-state index in [1.807, 2.05) is 12.1 Å². The summed E-state index contributed by atoms with van der Waals surface area (Å²) in [5.41, 5.74) is 0.998. The van der Waals surface area contributed by atoms with Gasteiger partial charge in [-0.05, 0) is 12.1 Å². The second-order valence-electron chi connectivity index (χ2n) is 6.54. The molecule has 0 aliphatic carbocycles. The highest BCUT2D eigenvalue weighted by Gasteiger charge is 2.47. The van der Waals surface area contributed by atoms with Crippen molar-refractivity contribution in [3.63, 3.8) is 0 Å². The van der Waals surface area contributed by atoms with E-state index in [-0.39, 0.29) is 12.5 Å². The molecule has 3 rings (SSSR count). The number of aliphatic hydroxyl groups is 2. The third kappa shape index (κ3) is 4.62. The lowest BCUT2D eigenvalue weighted by Crippen LogP contribution is -2.61. The average Bonchev–Trinajstić information content (AvgIpc) is 3.20. The summed E-state index contributed by atoms with van der Waals surface area (Å²) in [6.07, 6.45) is -1.62. The molecule has 1 aliphatic heterocycles. The summed E-state index contributed by atoms with van der Waals surface area (Å²) in [6, 6.07) is 6.25. The van der Waals surface area contributed by atoms with Gasteiger partial charge in [-0.3, -0.25) is 4.79 Å². The first kappa shape index (κ1) is 20.9. The number of hydrogen-bond donors (Lipinski definition) is 3. The molecule has 2 heterocycles. The molecule has 0 bridgehead atoms. The van der Waals surface area contributed by atoms with Crippen molar-refractivity contribution in [3.05, 3.63) is 48.8 Å². The Morgan fingerprint density at radius 3 is 2.90 bits per heavy atom. The van der Waals surface area contributed by atoms with E-state index in [1.54, 1.807) is 25.4 Å². The number of carbonyl (C=O) groups is 1. The SMILES string of the molecule is C=CCO[C@H]1O[C@H](c2cn(-c3cccc(OC)c3)nn2)[C@H](O)[C@H](O)[C@H]1NC(C)=O. The minimum Gasteiger partial charge on any atom is -0.497 e. The molecule has 156 valence electrons. The Bertz CT molecular complexity index is 857. The van der Waals surface area contributed by atoms with Crippen LogP contribution in [0.25, 0.3) is 5.69 Å². The highest BCUT2D eigenvalue weighted by atomic mass is 16.7. The maximum atomic E-state index is 11.5. The average molecular weight is 404 g/mol. The van der Waals surface area contributed by atoms with Crippen molar-refractivity contribution >= 4 is 5.91 Å². The predicted octanol–water partition coefficient (Wildman–Crippen LogP) is 0.102. The standard InChI is InChI=1S/C19H24N4O6/c1-4-8-28-19-15(20-11(2)24)16(25)17(26)18(29-19)14-10-23(22-21-14)12-6-5-7-13(9-12)27-3/h4-7,9-10,15-19,25-26H,1,8H2,2-3H3,(H,20,24)/t15-,16-,17-,18-,19+/m1/s1. The highest BCUT2D eigenvalue weighted by Crippen LogP contribution is 2.32. The fourth-order valence-electron chi connectivity index (χ4n) is 3.09. The molecule has 1 fully saturated rings. The smallest absolute Gasteiger partial charge is 0.217 e. The topological polar surface area (TPSA) is 128 Å². The molecule has 0 saturated carbocycles.